The van der Waals surface area contributed by atoms with Gasteiger partial charge in [0.05, 0.1) is 17.6 Å². The minimum absolute atomic E-state index is 0.00180. The lowest BCUT2D eigenvalue weighted by Crippen LogP contribution is -2.21. The second-order valence-corrected chi connectivity index (χ2v) is 11.2. The number of aromatic nitrogens is 2. The van der Waals surface area contributed by atoms with E-state index in [4.69, 9.17) is 16.3 Å². The van der Waals surface area contributed by atoms with E-state index >= 15 is 0 Å². The maximum absolute atomic E-state index is 12.1. The van der Waals surface area contributed by atoms with Gasteiger partial charge in [-0.1, -0.05) is 86.6 Å². The van der Waals surface area contributed by atoms with E-state index < -0.39 is 5.97 Å². The number of aromatic carboxylic acids is 1. The van der Waals surface area contributed by atoms with E-state index in [1.807, 2.05) is 80.6 Å². The lowest BCUT2D eigenvalue weighted by molar-refractivity contribution is 0.0695. The van der Waals surface area contributed by atoms with Gasteiger partial charge in [-0.3, -0.25) is 0 Å². The Bertz CT molecular complexity index is 1830. The van der Waals surface area contributed by atoms with Crippen LogP contribution < -0.4 is 16.3 Å². The van der Waals surface area contributed by atoms with E-state index in [1.54, 1.807) is 17.9 Å². The Labute approximate surface area is 270 Å². The zero-order valence-corrected chi connectivity index (χ0v) is 26.7. The van der Waals surface area contributed by atoms with Gasteiger partial charge in [-0.15, -0.1) is 0 Å². The molecule has 0 spiro atoms. The zero-order valence-electron chi connectivity index (χ0n) is 26.7. The summed E-state index contributed by atoms with van der Waals surface area (Å²) in [5.74, 6) is 5.42. The molecule has 46 heavy (non-hydrogen) atoms. The third kappa shape index (κ3) is 7.14. The first-order valence-electron chi connectivity index (χ1n) is 15.6. The fraction of sp³-hybridized carbons (Fsp3) is 0.211. The van der Waals surface area contributed by atoms with Crippen LogP contribution in [0.25, 0.3) is 27.9 Å². The van der Waals surface area contributed by atoms with Crippen LogP contribution in [0.1, 0.15) is 60.8 Å². The molecule has 2 unspecified atom stereocenters. The highest BCUT2D eigenvalue weighted by molar-refractivity contribution is 5.89. The minimum Gasteiger partial charge on any atom is -0.486 e. The summed E-state index contributed by atoms with van der Waals surface area (Å²) in [6, 6.07) is 34.6. The van der Waals surface area contributed by atoms with Crippen LogP contribution >= 0.6 is 0 Å². The van der Waals surface area contributed by atoms with Crippen molar-refractivity contribution >= 4 is 5.97 Å². The highest BCUT2D eigenvalue weighted by Crippen LogP contribution is 2.52. The Kier molecular flexibility index (Phi) is 9.88. The summed E-state index contributed by atoms with van der Waals surface area (Å²) in [5, 5.41) is 15.8. The van der Waals surface area contributed by atoms with Crippen LogP contribution in [0.5, 0.6) is 5.75 Å². The third-order valence-electron chi connectivity index (χ3n) is 7.99. The summed E-state index contributed by atoms with van der Waals surface area (Å²) < 4.78 is 8.13. The van der Waals surface area contributed by atoms with Crippen LogP contribution in [-0.2, 0) is 0 Å². The molecule has 1 aliphatic rings. The van der Waals surface area contributed by atoms with Crippen molar-refractivity contribution in [3.8, 4) is 33.7 Å². The highest BCUT2D eigenvalue weighted by atomic mass is 16.5. The van der Waals surface area contributed by atoms with Gasteiger partial charge in [0.1, 0.15) is 17.4 Å². The molecule has 1 saturated carbocycles. The molecule has 5 aromatic rings. The van der Waals surface area contributed by atoms with E-state index in [2.05, 4.69) is 48.4 Å². The Morgan fingerprint density at radius 3 is 2.26 bits per heavy atom. The monoisotopic (exact) mass is 615 g/mol. The van der Waals surface area contributed by atoms with Gasteiger partial charge in [-0.25, -0.2) is 15.3 Å². The standard InChI is InChI=1S/C36H35N5O3.C2H6/c1-23(25-11-6-12-26(17-25)24-9-4-3-5-10-24)44-30-16-8-14-28(19-30)27-13-7-15-29(18-27)41-35(33(21-39-41)36(42)43)32-20-31(32)34(37)22-40(2)38;1-2/h3-19,21-23,31-32H,20,37-38H2,1-2H3,(H,42,43);1-2H3/b34-22-;/t23?,31-,32?;/m0./s1. The van der Waals surface area contributed by atoms with Crippen molar-refractivity contribution < 1.29 is 14.6 Å². The van der Waals surface area contributed by atoms with E-state index in [1.165, 1.54) is 16.8 Å². The van der Waals surface area contributed by atoms with Gasteiger partial charge in [0.25, 0.3) is 0 Å². The van der Waals surface area contributed by atoms with Crippen molar-refractivity contribution in [3.05, 3.63) is 138 Å². The van der Waals surface area contributed by atoms with Gasteiger partial charge < -0.3 is 20.6 Å². The van der Waals surface area contributed by atoms with Gasteiger partial charge in [0.15, 0.2) is 0 Å². The zero-order chi connectivity index (χ0) is 32.8. The summed E-state index contributed by atoms with van der Waals surface area (Å²) in [4.78, 5) is 12.1. The molecule has 0 aliphatic heterocycles. The van der Waals surface area contributed by atoms with Crippen LogP contribution in [0, 0.1) is 5.92 Å². The number of hydrazine groups is 1. The predicted octanol–water partition coefficient (Wildman–Crippen LogP) is 7.78. The number of hydrogen-bond acceptors (Lipinski definition) is 6. The first-order valence-corrected chi connectivity index (χ1v) is 15.6. The van der Waals surface area contributed by atoms with Crippen LogP contribution in [0.3, 0.4) is 0 Å². The third-order valence-corrected chi connectivity index (χ3v) is 7.99. The molecule has 8 nitrogen and oxygen atoms in total. The Morgan fingerprint density at radius 2 is 1.57 bits per heavy atom. The van der Waals surface area contributed by atoms with Gasteiger partial charge in [0.2, 0.25) is 0 Å². The van der Waals surface area contributed by atoms with Crippen molar-refractivity contribution in [3.63, 3.8) is 0 Å². The number of carboxylic acids is 1. The minimum atomic E-state index is -1.01. The maximum Gasteiger partial charge on any atom is 0.339 e. The molecule has 0 saturated heterocycles. The van der Waals surface area contributed by atoms with Crippen LogP contribution in [0.4, 0.5) is 0 Å². The molecule has 5 N–H and O–H groups in total. The van der Waals surface area contributed by atoms with Crippen molar-refractivity contribution in [2.24, 2.45) is 17.5 Å². The largest absolute Gasteiger partial charge is 0.486 e. The molecular formula is C38H41N5O3. The number of benzene rings is 4. The summed E-state index contributed by atoms with van der Waals surface area (Å²) >= 11 is 0. The summed E-state index contributed by atoms with van der Waals surface area (Å²) in [6.45, 7) is 6.05. The number of ether oxygens (including phenoxy) is 1. The smallest absolute Gasteiger partial charge is 0.339 e. The molecule has 0 radical (unpaired) electrons. The molecule has 8 heteroatoms. The molecule has 236 valence electrons. The van der Waals surface area contributed by atoms with Crippen molar-refractivity contribution in [2.75, 3.05) is 7.05 Å². The Balaban J connectivity index is 0.00000204. The molecule has 1 fully saturated rings. The second kappa shape index (κ2) is 14.2. The van der Waals surface area contributed by atoms with Crippen molar-refractivity contribution in [2.45, 2.75) is 39.2 Å². The van der Waals surface area contributed by atoms with E-state index in [0.717, 1.165) is 40.1 Å². The molecular weight excluding hydrogens is 574 g/mol. The summed E-state index contributed by atoms with van der Waals surface area (Å²) in [5.41, 5.74) is 13.8. The highest BCUT2D eigenvalue weighted by Gasteiger charge is 2.45. The average molecular weight is 616 g/mol. The van der Waals surface area contributed by atoms with Crippen LogP contribution in [0.15, 0.2) is 121 Å². The number of carboxylic acid groups (broad SMARTS) is 1. The number of hydrogen-bond donors (Lipinski definition) is 3. The maximum atomic E-state index is 12.1. The van der Waals surface area contributed by atoms with E-state index in [9.17, 15) is 9.90 Å². The molecule has 6 rings (SSSR count). The number of allylic oxidation sites excluding steroid dienone is 1. The fourth-order valence-corrected chi connectivity index (χ4v) is 5.72. The van der Waals surface area contributed by atoms with Crippen molar-refractivity contribution in [1.82, 2.24) is 14.8 Å². The van der Waals surface area contributed by atoms with Gasteiger partial charge in [-0.05, 0) is 71.5 Å². The summed E-state index contributed by atoms with van der Waals surface area (Å²) in [6.07, 6.45) is 3.65. The molecule has 0 bridgehead atoms. The topological polar surface area (TPSA) is 120 Å². The number of nitrogens with two attached hydrogens (primary N) is 2. The fourth-order valence-electron chi connectivity index (χ4n) is 5.72. The van der Waals surface area contributed by atoms with Crippen LogP contribution in [-0.4, -0.2) is 32.9 Å². The Morgan fingerprint density at radius 1 is 0.935 bits per heavy atom. The molecule has 0 amide bonds. The molecule has 1 heterocycles. The SMILES string of the molecule is CC.CC(Oc1cccc(-c2cccc(-n3ncc(C(=O)O)c3C3C[C@@H]3/C(N)=C/N(C)N)c2)c1)c1cccc(-c2ccccc2)c1. The number of nitrogens with zero attached hydrogens (tertiary/aromatic N) is 3. The lowest BCUT2D eigenvalue weighted by atomic mass is 10.0. The number of carbonyl (C=O) groups is 1. The number of rotatable bonds is 10. The second-order valence-electron chi connectivity index (χ2n) is 11.2. The quantitative estimate of drug-likeness (QED) is 0.108. The normalized spacial score (nSPS) is 16.2. The molecule has 4 aromatic carbocycles. The molecule has 1 aliphatic carbocycles. The van der Waals surface area contributed by atoms with Crippen LogP contribution in [0.2, 0.25) is 0 Å². The summed E-state index contributed by atoms with van der Waals surface area (Å²) in [7, 11) is 1.70. The molecule has 3 atom stereocenters. The lowest BCUT2D eigenvalue weighted by Gasteiger charge is -2.17. The predicted molar refractivity (Wildman–Crippen MR) is 183 cm³/mol. The Hall–Kier alpha value is -5.34. The molecule has 1 aromatic heterocycles. The average Bonchev–Trinajstić information content (AvgIpc) is 3.75. The first kappa shape index (κ1) is 32.1. The van der Waals surface area contributed by atoms with Gasteiger partial charge >= 0.3 is 5.97 Å². The van der Waals surface area contributed by atoms with Gasteiger partial charge in [0, 0.05) is 30.8 Å². The van der Waals surface area contributed by atoms with Gasteiger partial charge in [-0.2, -0.15) is 5.10 Å². The first-order chi connectivity index (χ1) is 22.3. The van der Waals surface area contributed by atoms with E-state index in [-0.39, 0.29) is 23.5 Å². The van der Waals surface area contributed by atoms with Crippen molar-refractivity contribution in [1.29, 1.82) is 0 Å². The van der Waals surface area contributed by atoms with E-state index in [0.29, 0.717) is 11.4 Å².